The van der Waals surface area contributed by atoms with Gasteiger partial charge in [-0.2, -0.15) is 0 Å². The Hall–Kier alpha value is -1.97. The zero-order valence-electron chi connectivity index (χ0n) is 8.77. The molecule has 2 rings (SSSR count). The molecular formula is C11H13N3O. The Balaban J connectivity index is 2.14. The van der Waals surface area contributed by atoms with E-state index in [2.05, 4.69) is 5.32 Å². The molecule has 0 radical (unpaired) electrons. The van der Waals surface area contributed by atoms with Crippen molar-refractivity contribution in [3.63, 3.8) is 0 Å². The summed E-state index contributed by atoms with van der Waals surface area (Å²) < 4.78 is 3.68. The molecule has 2 aromatic heterocycles. The fourth-order valence-electron chi connectivity index (χ4n) is 1.47. The summed E-state index contributed by atoms with van der Waals surface area (Å²) in [6.07, 6.45) is 5.60. The lowest BCUT2D eigenvalue weighted by Gasteiger charge is -2.03. The van der Waals surface area contributed by atoms with E-state index in [4.69, 9.17) is 0 Å². The summed E-state index contributed by atoms with van der Waals surface area (Å²) in [6.45, 7) is 0. The first-order valence-electron chi connectivity index (χ1n) is 4.71. The number of nitrogens with one attached hydrogen (secondary N) is 1. The molecule has 0 saturated carbocycles. The summed E-state index contributed by atoms with van der Waals surface area (Å²) in [7, 11) is 3.76. The molecule has 0 bridgehead atoms. The predicted octanol–water partition coefficient (Wildman–Crippen LogP) is 1.62. The second-order valence-electron chi connectivity index (χ2n) is 3.52. The molecule has 0 aliphatic heterocycles. The van der Waals surface area contributed by atoms with E-state index >= 15 is 0 Å². The molecule has 4 nitrogen and oxygen atoms in total. The van der Waals surface area contributed by atoms with Crippen molar-refractivity contribution < 1.29 is 4.79 Å². The van der Waals surface area contributed by atoms with E-state index < -0.39 is 0 Å². The highest BCUT2D eigenvalue weighted by Crippen LogP contribution is 2.09. The summed E-state index contributed by atoms with van der Waals surface area (Å²) in [5.41, 5.74) is 1.46. The van der Waals surface area contributed by atoms with Gasteiger partial charge in [-0.3, -0.25) is 4.79 Å². The van der Waals surface area contributed by atoms with Crippen LogP contribution in [0.4, 0.5) is 5.69 Å². The predicted molar refractivity (Wildman–Crippen MR) is 58.8 cm³/mol. The largest absolute Gasteiger partial charge is 0.355 e. The van der Waals surface area contributed by atoms with Gasteiger partial charge in [0.25, 0.3) is 5.91 Å². The zero-order chi connectivity index (χ0) is 10.8. The van der Waals surface area contributed by atoms with Gasteiger partial charge >= 0.3 is 0 Å². The highest BCUT2D eigenvalue weighted by molar-refractivity contribution is 6.03. The smallest absolute Gasteiger partial charge is 0.272 e. The van der Waals surface area contributed by atoms with Crippen molar-refractivity contribution in [1.29, 1.82) is 0 Å². The Kier molecular flexibility index (Phi) is 2.33. The average molecular weight is 203 g/mol. The van der Waals surface area contributed by atoms with Gasteiger partial charge < -0.3 is 14.5 Å². The number of rotatable bonds is 2. The van der Waals surface area contributed by atoms with Gasteiger partial charge in [-0.05, 0) is 18.2 Å². The molecule has 0 atom stereocenters. The lowest BCUT2D eigenvalue weighted by molar-refractivity contribution is 0.101. The number of carbonyl (C=O) groups excluding carboxylic acids is 1. The molecule has 1 amide bonds. The van der Waals surface area contributed by atoms with Crippen LogP contribution in [0.3, 0.4) is 0 Å². The summed E-state index contributed by atoms with van der Waals surface area (Å²) in [5, 5.41) is 2.83. The van der Waals surface area contributed by atoms with Crippen LogP contribution in [0.15, 0.2) is 36.8 Å². The van der Waals surface area contributed by atoms with Gasteiger partial charge in [0.05, 0.1) is 5.69 Å². The second kappa shape index (κ2) is 3.65. The molecule has 0 unspecified atom stereocenters. The molecule has 0 aromatic carbocycles. The first kappa shape index (κ1) is 9.58. The van der Waals surface area contributed by atoms with Gasteiger partial charge in [0, 0.05) is 32.7 Å². The minimum Gasteiger partial charge on any atom is -0.355 e. The van der Waals surface area contributed by atoms with Crippen LogP contribution in [0.2, 0.25) is 0 Å². The number of anilines is 1. The van der Waals surface area contributed by atoms with Crippen LogP contribution in [0.1, 0.15) is 10.5 Å². The minimum atomic E-state index is -0.0892. The number of nitrogens with zero attached hydrogens (tertiary/aromatic N) is 2. The van der Waals surface area contributed by atoms with Crippen molar-refractivity contribution in [3.05, 3.63) is 42.5 Å². The van der Waals surface area contributed by atoms with Gasteiger partial charge in [0.2, 0.25) is 0 Å². The maximum atomic E-state index is 11.8. The Morgan fingerprint density at radius 2 is 2.07 bits per heavy atom. The van der Waals surface area contributed by atoms with E-state index in [9.17, 15) is 4.79 Å². The molecule has 0 spiro atoms. The van der Waals surface area contributed by atoms with E-state index in [1.165, 1.54) is 0 Å². The monoisotopic (exact) mass is 203 g/mol. The SMILES string of the molecule is Cn1ccc(NC(=O)c2cccn2C)c1. The molecule has 0 fully saturated rings. The molecule has 0 aliphatic carbocycles. The fraction of sp³-hybridized carbons (Fsp3) is 0.182. The van der Waals surface area contributed by atoms with E-state index in [1.807, 2.05) is 49.4 Å². The van der Waals surface area contributed by atoms with Crippen LogP contribution in [0, 0.1) is 0 Å². The van der Waals surface area contributed by atoms with Crippen molar-refractivity contribution in [2.45, 2.75) is 0 Å². The molecule has 0 saturated heterocycles. The van der Waals surface area contributed by atoms with Crippen molar-refractivity contribution in [2.24, 2.45) is 14.1 Å². The van der Waals surface area contributed by atoms with Crippen LogP contribution < -0.4 is 5.32 Å². The van der Waals surface area contributed by atoms with Crippen molar-refractivity contribution in [2.75, 3.05) is 5.32 Å². The third-order valence-corrected chi connectivity index (χ3v) is 2.27. The Morgan fingerprint density at radius 3 is 2.60 bits per heavy atom. The van der Waals surface area contributed by atoms with E-state index in [0.717, 1.165) is 5.69 Å². The molecule has 78 valence electrons. The molecule has 0 aliphatic rings. The first-order chi connectivity index (χ1) is 7.16. The fourth-order valence-corrected chi connectivity index (χ4v) is 1.47. The van der Waals surface area contributed by atoms with Crippen LogP contribution in [-0.2, 0) is 14.1 Å². The Morgan fingerprint density at radius 1 is 1.27 bits per heavy atom. The molecule has 2 heterocycles. The number of amides is 1. The number of hydrogen-bond donors (Lipinski definition) is 1. The van der Waals surface area contributed by atoms with Crippen LogP contribution in [-0.4, -0.2) is 15.0 Å². The standard InChI is InChI=1S/C11H13N3O/c1-13-7-5-9(8-13)12-11(15)10-4-3-6-14(10)2/h3-8H,1-2H3,(H,12,15). The topological polar surface area (TPSA) is 39.0 Å². The average Bonchev–Trinajstić information content (AvgIpc) is 2.75. The Bertz CT molecular complexity index is 481. The molecule has 15 heavy (non-hydrogen) atoms. The molecular weight excluding hydrogens is 190 g/mol. The van der Waals surface area contributed by atoms with Crippen molar-refractivity contribution in [1.82, 2.24) is 9.13 Å². The molecule has 4 heteroatoms. The second-order valence-corrected chi connectivity index (χ2v) is 3.52. The van der Waals surface area contributed by atoms with E-state index in [-0.39, 0.29) is 5.91 Å². The quantitative estimate of drug-likeness (QED) is 0.791. The Labute approximate surface area is 88.1 Å². The maximum Gasteiger partial charge on any atom is 0.272 e. The van der Waals surface area contributed by atoms with Gasteiger partial charge in [0.1, 0.15) is 5.69 Å². The summed E-state index contributed by atoms with van der Waals surface area (Å²) in [4.78, 5) is 11.8. The highest BCUT2D eigenvalue weighted by atomic mass is 16.1. The lowest BCUT2D eigenvalue weighted by Crippen LogP contribution is -2.14. The van der Waals surface area contributed by atoms with E-state index in [1.54, 1.807) is 10.6 Å². The van der Waals surface area contributed by atoms with Crippen LogP contribution >= 0.6 is 0 Å². The number of aromatic nitrogens is 2. The molecule has 2 aromatic rings. The van der Waals surface area contributed by atoms with Crippen molar-refractivity contribution in [3.8, 4) is 0 Å². The number of carbonyl (C=O) groups is 1. The zero-order valence-corrected chi connectivity index (χ0v) is 8.77. The lowest BCUT2D eigenvalue weighted by atomic mass is 10.4. The van der Waals surface area contributed by atoms with Gasteiger partial charge in [-0.15, -0.1) is 0 Å². The minimum absolute atomic E-state index is 0.0892. The van der Waals surface area contributed by atoms with Crippen LogP contribution in [0.25, 0.3) is 0 Å². The highest BCUT2D eigenvalue weighted by Gasteiger charge is 2.08. The number of aryl methyl sites for hydroxylation is 2. The first-order valence-corrected chi connectivity index (χ1v) is 4.71. The number of hydrogen-bond acceptors (Lipinski definition) is 1. The third kappa shape index (κ3) is 1.93. The van der Waals surface area contributed by atoms with Gasteiger partial charge in [-0.25, -0.2) is 0 Å². The third-order valence-electron chi connectivity index (χ3n) is 2.27. The summed E-state index contributed by atoms with van der Waals surface area (Å²) in [5.74, 6) is -0.0892. The van der Waals surface area contributed by atoms with Gasteiger partial charge in [0.15, 0.2) is 0 Å². The van der Waals surface area contributed by atoms with Crippen molar-refractivity contribution >= 4 is 11.6 Å². The summed E-state index contributed by atoms with van der Waals surface area (Å²) >= 11 is 0. The van der Waals surface area contributed by atoms with Crippen LogP contribution in [0.5, 0.6) is 0 Å². The molecule has 1 N–H and O–H groups in total. The normalized spacial score (nSPS) is 10.3. The maximum absolute atomic E-state index is 11.8. The summed E-state index contributed by atoms with van der Waals surface area (Å²) in [6, 6.07) is 5.50. The van der Waals surface area contributed by atoms with E-state index in [0.29, 0.717) is 5.69 Å². The van der Waals surface area contributed by atoms with Gasteiger partial charge in [-0.1, -0.05) is 0 Å².